The molecule has 1 atom stereocenters. The molecular formula is C16H24N2O3. The Morgan fingerprint density at radius 3 is 2.71 bits per heavy atom. The van der Waals surface area contributed by atoms with Crippen LogP contribution in [0.1, 0.15) is 25.3 Å². The summed E-state index contributed by atoms with van der Waals surface area (Å²) in [5.41, 5.74) is 6.61. The van der Waals surface area contributed by atoms with Crippen LogP contribution in [-0.4, -0.2) is 43.7 Å². The number of ether oxygens (including phenoxy) is 2. The first-order valence-corrected chi connectivity index (χ1v) is 7.48. The van der Waals surface area contributed by atoms with Crippen molar-refractivity contribution in [2.45, 2.75) is 32.3 Å². The first-order valence-electron chi connectivity index (χ1n) is 7.48. The van der Waals surface area contributed by atoms with Crippen molar-refractivity contribution in [2.75, 3.05) is 26.7 Å². The van der Waals surface area contributed by atoms with E-state index in [1.165, 1.54) is 0 Å². The highest BCUT2D eigenvalue weighted by atomic mass is 16.5. The number of hydrogen-bond donors (Lipinski definition) is 1. The lowest BCUT2D eigenvalue weighted by atomic mass is 10.1. The summed E-state index contributed by atoms with van der Waals surface area (Å²) in [5, 5.41) is 0. The van der Waals surface area contributed by atoms with E-state index in [-0.39, 0.29) is 5.91 Å². The molecule has 0 aliphatic carbocycles. The van der Waals surface area contributed by atoms with Gasteiger partial charge in [0.2, 0.25) is 0 Å². The van der Waals surface area contributed by atoms with Crippen LogP contribution in [0.2, 0.25) is 0 Å². The number of hydrogen-bond acceptors (Lipinski definition) is 4. The first kappa shape index (κ1) is 15.6. The Morgan fingerprint density at radius 2 is 2.10 bits per heavy atom. The molecule has 1 saturated heterocycles. The molecule has 1 aliphatic rings. The van der Waals surface area contributed by atoms with Gasteiger partial charge in [-0.05, 0) is 56.5 Å². The molecule has 2 rings (SSSR count). The summed E-state index contributed by atoms with van der Waals surface area (Å²) in [4.78, 5) is 14.2. The highest BCUT2D eigenvalue weighted by molar-refractivity contribution is 5.81. The first-order chi connectivity index (χ1) is 10.2. The molecule has 1 unspecified atom stereocenters. The van der Waals surface area contributed by atoms with Crippen molar-refractivity contribution >= 4 is 5.91 Å². The minimum absolute atomic E-state index is 0.0574. The Kier molecular flexibility index (Phi) is 5.44. The highest BCUT2D eigenvalue weighted by Gasteiger charge is 2.25. The third kappa shape index (κ3) is 3.88. The summed E-state index contributed by atoms with van der Waals surface area (Å²) in [6.07, 6.45) is 2.38. The second-order valence-electron chi connectivity index (χ2n) is 5.30. The van der Waals surface area contributed by atoms with E-state index in [0.29, 0.717) is 18.7 Å². The van der Waals surface area contributed by atoms with E-state index in [2.05, 4.69) is 0 Å². The number of methoxy groups -OCH3 is 1. The fraction of sp³-hybridized carbons (Fsp3) is 0.562. The fourth-order valence-electron chi connectivity index (χ4n) is 2.58. The second kappa shape index (κ2) is 7.31. The number of nitrogens with two attached hydrogens (primary N) is 1. The van der Waals surface area contributed by atoms with Gasteiger partial charge in [-0.1, -0.05) is 0 Å². The molecule has 0 aromatic heterocycles. The second-order valence-corrected chi connectivity index (χ2v) is 5.30. The molecule has 1 amide bonds. The molecule has 0 bridgehead atoms. The zero-order valence-corrected chi connectivity index (χ0v) is 12.8. The van der Waals surface area contributed by atoms with E-state index in [0.717, 1.165) is 37.2 Å². The summed E-state index contributed by atoms with van der Waals surface area (Å²) in [5.74, 6) is 1.53. The lowest BCUT2D eigenvalue weighted by Crippen LogP contribution is -2.38. The molecule has 0 saturated carbocycles. The Hall–Kier alpha value is -1.75. The number of carbonyl (C=O) groups is 1. The van der Waals surface area contributed by atoms with E-state index >= 15 is 0 Å². The Morgan fingerprint density at radius 1 is 1.38 bits per heavy atom. The Labute approximate surface area is 126 Å². The average Bonchev–Trinajstić information content (AvgIpc) is 3.02. The van der Waals surface area contributed by atoms with Crippen LogP contribution in [0, 0.1) is 0 Å². The predicted molar refractivity (Wildman–Crippen MR) is 81.7 cm³/mol. The van der Waals surface area contributed by atoms with Gasteiger partial charge in [-0.2, -0.15) is 0 Å². The Balaban J connectivity index is 2.08. The minimum Gasteiger partial charge on any atom is -0.497 e. The smallest absolute Gasteiger partial charge is 0.263 e. The fourth-order valence-corrected chi connectivity index (χ4v) is 2.58. The van der Waals surface area contributed by atoms with Crippen molar-refractivity contribution < 1.29 is 14.3 Å². The monoisotopic (exact) mass is 292 g/mol. The van der Waals surface area contributed by atoms with E-state index in [1.807, 2.05) is 23.1 Å². The molecule has 1 aliphatic heterocycles. The number of nitrogens with zero attached hydrogens (tertiary/aromatic N) is 1. The summed E-state index contributed by atoms with van der Waals surface area (Å²) in [6, 6.07) is 5.59. The molecule has 0 radical (unpaired) electrons. The van der Waals surface area contributed by atoms with Crippen molar-refractivity contribution in [3.63, 3.8) is 0 Å². The average molecular weight is 292 g/mol. The molecule has 1 aromatic carbocycles. The van der Waals surface area contributed by atoms with Crippen LogP contribution in [0.3, 0.4) is 0 Å². The number of likely N-dealkylation sites (tertiary alicyclic amines) is 1. The van der Waals surface area contributed by atoms with Crippen LogP contribution in [0.25, 0.3) is 0 Å². The van der Waals surface area contributed by atoms with E-state index in [1.54, 1.807) is 14.0 Å². The Bertz CT molecular complexity index is 484. The standard InChI is InChI=1S/C16H24N2O3/c1-12(16(19)18-9-3-4-10-18)21-15-6-5-14(20-2)11-13(15)7-8-17/h5-6,11-12H,3-4,7-10,17H2,1-2H3. The van der Waals surface area contributed by atoms with Crippen molar-refractivity contribution in [3.05, 3.63) is 23.8 Å². The molecule has 5 nitrogen and oxygen atoms in total. The number of carbonyl (C=O) groups excluding carboxylic acids is 1. The topological polar surface area (TPSA) is 64.8 Å². The van der Waals surface area contributed by atoms with Gasteiger partial charge in [0.25, 0.3) is 5.91 Å². The number of rotatable bonds is 6. The molecule has 0 spiro atoms. The molecule has 5 heteroatoms. The maximum Gasteiger partial charge on any atom is 0.263 e. The van der Waals surface area contributed by atoms with Gasteiger partial charge in [-0.15, -0.1) is 0 Å². The zero-order valence-electron chi connectivity index (χ0n) is 12.8. The lowest BCUT2D eigenvalue weighted by molar-refractivity contribution is -0.136. The number of benzene rings is 1. The summed E-state index contributed by atoms with van der Waals surface area (Å²) in [6.45, 7) is 4.00. The van der Waals surface area contributed by atoms with Crippen molar-refractivity contribution in [1.29, 1.82) is 0 Å². The third-order valence-electron chi connectivity index (χ3n) is 3.75. The molecule has 1 heterocycles. The lowest BCUT2D eigenvalue weighted by Gasteiger charge is -2.22. The zero-order chi connectivity index (χ0) is 15.2. The summed E-state index contributed by atoms with van der Waals surface area (Å²) < 4.78 is 11.1. The van der Waals surface area contributed by atoms with Crippen LogP contribution < -0.4 is 15.2 Å². The van der Waals surface area contributed by atoms with Gasteiger partial charge in [0.15, 0.2) is 6.10 Å². The normalized spacial score (nSPS) is 15.9. The molecule has 1 aromatic rings. The van der Waals surface area contributed by atoms with Gasteiger partial charge in [0.1, 0.15) is 11.5 Å². The van der Waals surface area contributed by atoms with Crippen LogP contribution in [0.5, 0.6) is 11.5 Å². The summed E-state index contributed by atoms with van der Waals surface area (Å²) >= 11 is 0. The van der Waals surface area contributed by atoms with Crippen molar-refractivity contribution in [1.82, 2.24) is 4.90 Å². The van der Waals surface area contributed by atoms with Crippen LogP contribution >= 0.6 is 0 Å². The predicted octanol–water partition coefficient (Wildman–Crippen LogP) is 1.59. The van der Waals surface area contributed by atoms with E-state index < -0.39 is 6.10 Å². The quantitative estimate of drug-likeness (QED) is 0.864. The van der Waals surface area contributed by atoms with Gasteiger partial charge < -0.3 is 20.1 Å². The van der Waals surface area contributed by atoms with Crippen LogP contribution in [0.4, 0.5) is 0 Å². The van der Waals surface area contributed by atoms with Gasteiger partial charge in [-0.3, -0.25) is 4.79 Å². The SMILES string of the molecule is COc1ccc(OC(C)C(=O)N2CCCC2)c(CCN)c1. The molecule has 116 valence electrons. The van der Waals surface area contributed by atoms with Gasteiger partial charge in [0.05, 0.1) is 7.11 Å². The molecule has 1 fully saturated rings. The van der Waals surface area contributed by atoms with Crippen LogP contribution in [-0.2, 0) is 11.2 Å². The van der Waals surface area contributed by atoms with E-state index in [9.17, 15) is 4.79 Å². The maximum absolute atomic E-state index is 12.3. The largest absolute Gasteiger partial charge is 0.497 e. The highest BCUT2D eigenvalue weighted by Crippen LogP contribution is 2.26. The minimum atomic E-state index is -0.479. The maximum atomic E-state index is 12.3. The van der Waals surface area contributed by atoms with Gasteiger partial charge in [0, 0.05) is 13.1 Å². The van der Waals surface area contributed by atoms with Gasteiger partial charge >= 0.3 is 0 Å². The van der Waals surface area contributed by atoms with E-state index in [4.69, 9.17) is 15.2 Å². The van der Waals surface area contributed by atoms with Crippen molar-refractivity contribution in [3.8, 4) is 11.5 Å². The molecular weight excluding hydrogens is 268 g/mol. The summed E-state index contributed by atoms with van der Waals surface area (Å²) in [7, 11) is 1.63. The molecule has 2 N–H and O–H groups in total. The number of amides is 1. The third-order valence-corrected chi connectivity index (χ3v) is 3.75. The molecule has 21 heavy (non-hydrogen) atoms. The van der Waals surface area contributed by atoms with Crippen LogP contribution in [0.15, 0.2) is 18.2 Å². The van der Waals surface area contributed by atoms with Crippen molar-refractivity contribution in [2.24, 2.45) is 5.73 Å². The van der Waals surface area contributed by atoms with Gasteiger partial charge in [-0.25, -0.2) is 0 Å².